The van der Waals surface area contributed by atoms with Crippen LogP contribution in [0, 0.1) is 0 Å². The summed E-state index contributed by atoms with van der Waals surface area (Å²) in [6, 6.07) is 12.7. The van der Waals surface area contributed by atoms with Crippen molar-refractivity contribution in [3.63, 3.8) is 0 Å². The predicted molar refractivity (Wildman–Crippen MR) is 103 cm³/mol. The van der Waals surface area contributed by atoms with E-state index in [1.165, 1.54) is 11.8 Å². The average Bonchev–Trinajstić information content (AvgIpc) is 3.01. The van der Waals surface area contributed by atoms with Gasteiger partial charge in [0.05, 0.1) is 12.0 Å². The number of halogens is 2. The number of amides is 1. The van der Waals surface area contributed by atoms with Gasteiger partial charge in [-0.2, -0.15) is 5.10 Å². The number of carbonyl (C=O) groups is 1. The van der Waals surface area contributed by atoms with E-state index in [1.54, 1.807) is 24.4 Å². The topological polar surface area (TPSA) is 63.0 Å². The van der Waals surface area contributed by atoms with Crippen LogP contribution in [0.3, 0.4) is 0 Å². The maximum absolute atomic E-state index is 11.1. The third-order valence-electron chi connectivity index (χ3n) is 3.21. The highest BCUT2D eigenvalue weighted by atomic mass is 35.5. The Morgan fingerprint density at radius 3 is 2.64 bits per heavy atom. The van der Waals surface area contributed by atoms with Crippen LogP contribution in [-0.2, 0) is 11.4 Å². The van der Waals surface area contributed by atoms with E-state index in [4.69, 9.17) is 27.9 Å². The van der Waals surface area contributed by atoms with Gasteiger partial charge in [-0.25, -0.2) is 0 Å². The lowest BCUT2D eigenvalue weighted by molar-refractivity contribution is -0.116. The van der Waals surface area contributed by atoms with Crippen molar-refractivity contribution >= 4 is 52.3 Å². The molecule has 2 aromatic carbocycles. The van der Waals surface area contributed by atoms with Crippen molar-refractivity contribution in [1.82, 2.24) is 5.32 Å². The third kappa shape index (κ3) is 5.22. The number of amidine groups is 1. The molecule has 0 aromatic heterocycles. The molecule has 0 spiro atoms. The van der Waals surface area contributed by atoms with Gasteiger partial charge in [-0.3, -0.25) is 4.79 Å². The van der Waals surface area contributed by atoms with Crippen LogP contribution in [0.1, 0.15) is 11.1 Å². The number of nitrogens with one attached hydrogen (secondary N) is 1. The summed E-state index contributed by atoms with van der Waals surface area (Å²) in [7, 11) is 0. The predicted octanol–water partition coefficient (Wildman–Crippen LogP) is 4.13. The van der Waals surface area contributed by atoms with E-state index >= 15 is 0 Å². The maximum atomic E-state index is 11.1. The van der Waals surface area contributed by atoms with Crippen molar-refractivity contribution in [1.29, 1.82) is 0 Å². The molecule has 1 aliphatic rings. The van der Waals surface area contributed by atoms with Crippen molar-refractivity contribution in [2.45, 2.75) is 6.61 Å². The molecule has 0 bridgehead atoms. The summed E-state index contributed by atoms with van der Waals surface area (Å²) in [6.07, 6.45) is 1.54. The van der Waals surface area contributed by atoms with Gasteiger partial charge in [0.25, 0.3) is 0 Å². The summed E-state index contributed by atoms with van der Waals surface area (Å²) in [6.45, 7) is 0.389. The Kier molecular flexibility index (Phi) is 5.96. The van der Waals surface area contributed by atoms with Crippen molar-refractivity contribution < 1.29 is 9.53 Å². The average molecular weight is 394 g/mol. The number of ether oxygens (including phenoxy) is 1. The van der Waals surface area contributed by atoms with Crippen molar-refractivity contribution in [3.8, 4) is 5.75 Å². The Bertz CT molecular complexity index is 838. The fourth-order valence-corrected chi connectivity index (χ4v) is 2.95. The summed E-state index contributed by atoms with van der Waals surface area (Å²) in [5, 5.41) is 12.3. The van der Waals surface area contributed by atoms with Gasteiger partial charge in [0, 0.05) is 15.6 Å². The molecule has 128 valence electrons. The van der Waals surface area contributed by atoms with Crippen molar-refractivity contribution in [3.05, 3.63) is 63.6 Å². The molecule has 1 saturated heterocycles. The molecule has 8 heteroatoms. The quantitative estimate of drug-likeness (QED) is 0.613. The Morgan fingerprint density at radius 1 is 1.16 bits per heavy atom. The summed E-state index contributed by atoms with van der Waals surface area (Å²) >= 11 is 13.2. The van der Waals surface area contributed by atoms with Gasteiger partial charge in [0.15, 0.2) is 5.17 Å². The maximum Gasteiger partial charge on any atom is 0.236 e. The lowest BCUT2D eigenvalue weighted by atomic mass is 10.2. The summed E-state index contributed by atoms with van der Waals surface area (Å²) in [5.41, 5.74) is 1.69. The zero-order valence-corrected chi connectivity index (χ0v) is 15.2. The number of hydrogen-bond acceptors (Lipinski definition) is 5. The SMILES string of the molecule is O=C1CSC(=NN=Cc2cc(Cl)ccc2OCc2ccc(Cl)cc2)N1. The Hall–Kier alpha value is -2.02. The van der Waals surface area contributed by atoms with Gasteiger partial charge in [0.1, 0.15) is 12.4 Å². The second kappa shape index (κ2) is 8.38. The van der Waals surface area contributed by atoms with Gasteiger partial charge >= 0.3 is 0 Å². The first-order valence-electron chi connectivity index (χ1n) is 7.30. The number of hydrogen-bond donors (Lipinski definition) is 1. The van der Waals surface area contributed by atoms with E-state index in [1.807, 2.05) is 24.3 Å². The molecule has 0 aliphatic carbocycles. The van der Waals surface area contributed by atoms with Crippen LogP contribution in [0.25, 0.3) is 0 Å². The molecule has 1 aliphatic heterocycles. The first-order valence-corrected chi connectivity index (χ1v) is 9.05. The molecular formula is C17H13Cl2N3O2S. The Morgan fingerprint density at radius 2 is 1.92 bits per heavy atom. The number of carbonyl (C=O) groups excluding carboxylic acids is 1. The van der Waals surface area contributed by atoms with E-state index < -0.39 is 0 Å². The fourth-order valence-electron chi connectivity index (χ4n) is 2.02. The van der Waals surface area contributed by atoms with Gasteiger partial charge in [-0.05, 0) is 35.9 Å². The van der Waals surface area contributed by atoms with E-state index in [0.717, 1.165) is 5.56 Å². The van der Waals surface area contributed by atoms with Crippen molar-refractivity contribution in [2.75, 3.05) is 5.75 Å². The summed E-state index contributed by atoms with van der Waals surface area (Å²) in [5.74, 6) is 0.918. The van der Waals surface area contributed by atoms with E-state index in [-0.39, 0.29) is 5.91 Å². The van der Waals surface area contributed by atoms with Crippen LogP contribution in [-0.4, -0.2) is 23.0 Å². The molecule has 1 heterocycles. The fraction of sp³-hybridized carbons (Fsp3) is 0.118. The highest BCUT2D eigenvalue weighted by Crippen LogP contribution is 2.23. The Balaban J connectivity index is 1.71. The molecule has 0 saturated carbocycles. The van der Waals surface area contributed by atoms with Gasteiger partial charge < -0.3 is 10.1 Å². The monoisotopic (exact) mass is 393 g/mol. The summed E-state index contributed by atoms with van der Waals surface area (Å²) < 4.78 is 5.84. The molecule has 1 N–H and O–H groups in total. The van der Waals surface area contributed by atoms with E-state index in [2.05, 4.69) is 15.5 Å². The zero-order chi connectivity index (χ0) is 17.6. The second-order valence-corrected chi connectivity index (χ2v) is 6.92. The minimum atomic E-state index is -0.0753. The van der Waals surface area contributed by atoms with Crippen LogP contribution in [0.15, 0.2) is 52.7 Å². The van der Waals surface area contributed by atoms with Gasteiger partial charge in [-0.15, -0.1) is 5.10 Å². The number of thioether (sulfide) groups is 1. The largest absolute Gasteiger partial charge is 0.488 e. The molecule has 0 radical (unpaired) electrons. The lowest BCUT2D eigenvalue weighted by Gasteiger charge is -2.09. The minimum absolute atomic E-state index is 0.0753. The Labute approximate surface area is 159 Å². The van der Waals surface area contributed by atoms with Crippen LogP contribution >= 0.6 is 35.0 Å². The standard InChI is InChI=1S/C17H13Cl2N3O2S/c18-13-3-1-11(2-4-13)9-24-15-6-5-14(19)7-12(15)8-20-22-17-21-16(23)10-25-17/h1-8H,9-10H2,(H,21,22,23). The minimum Gasteiger partial charge on any atom is -0.488 e. The highest BCUT2D eigenvalue weighted by Gasteiger charge is 2.16. The molecule has 5 nitrogen and oxygen atoms in total. The second-order valence-electron chi connectivity index (χ2n) is 5.08. The van der Waals surface area contributed by atoms with E-state index in [0.29, 0.717) is 38.9 Å². The summed E-state index contributed by atoms with van der Waals surface area (Å²) in [4.78, 5) is 11.1. The van der Waals surface area contributed by atoms with E-state index in [9.17, 15) is 4.79 Å². The van der Waals surface area contributed by atoms with Crippen LogP contribution < -0.4 is 10.1 Å². The third-order valence-corrected chi connectivity index (χ3v) is 4.56. The number of rotatable bonds is 5. The first kappa shape index (κ1) is 17.8. The first-order chi connectivity index (χ1) is 12.1. The van der Waals surface area contributed by atoms with Gasteiger partial charge in [-0.1, -0.05) is 47.1 Å². The molecule has 0 atom stereocenters. The molecule has 3 rings (SSSR count). The molecule has 1 amide bonds. The number of benzene rings is 2. The molecule has 1 fully saturated rings. The molecule has 25 heavy (non-hydrogen) atoms. The molecule has 0 unspecified atom stereocenters. The normalized spacial score (nSPS) is 15.8. The van der Waals surface area contributed by atoms with Crippen LogP contribution in [0.4, 0.5) is 0 Å². The number of nitrogens with zero attached hydrogens (tertiary/aromatic N) is 2. The smallest absolute Gasteiger partial charge is 0.236 e. The molecular weight excluding hydrogens is 381 g/mol. The van der Waals surface area contributed by atoms with Gasteiger partial charge in [0.2, 0.25) is 5.91 Å². The zero-order valence-electron chi connectivity index (χ0n) is 12.9. The van der Waals surface area contributed by atoms with Crippen LogP contribution in [0.2, 0.25) is 10.0 Å². The van der Waals surface area contributed by atoms with Crippen molar-refractivity contribution in [2.24, 2.45) is 10.2 Å². The molecule has 2 aromatic rings. The highest BCUT2D eigenvalue weighted by molar-refractivity contribution is 8.15. The lowest BCUT2D eigenvalue weighted by Crippen LogP contribution is -2.19. The van der Waals surface area contributed by atoms with Crippen LogP contribution in [0.5, 0.6) is 5.75 Å².